The fraction of sp³-hybridized carbons (Fsp3) is 0.571. The van der Waals surface area contributed by atoms with Gasteiger partial charge in [-0.1, -0.05) is 20.8 Å². The lowest BCUT2D eigenvalue weighted by Crippen LogP contribution is -2.20. The zero-order chi connectivity index (χ0) is 12.8. The van der Waals surface area contributed by atoms with Crippen LogP contribution in [0.4, 0.5) is 0 Å². The molecule has 0 spiro atoms. The minimum Gasteiger partial charge on any atom is -0.300 e. The molecule has 2 aromatic heterocycles. The summed E-state index contributed by atoms with van der Waals surface area (Å²) in [5.41, 5.74) is 2.13. The first-order valence-corrected chi connectivity index (χ1v) is 7.57. The summed E-state index contributed by atoms with van der Waals surface area (Å²) in [4.78, 5) is 9.36. The second kappa shape index (κ2) is 4.26. The highest BCUT2D eigenvalue weighted by Gasteiger charge is 2.29. The molecule has 0 aliphatic carbocycles. The second-order valence-corrected chi connectivity index (χ2v) is 7.15. The van der Waals surface area contributed by atoms with Gasteiger partial charge in [0.2, 0.25) is 0 Å². The largest absolute Gasteiger partial charge is 0.300 e. The molecule has 3 nitrogen and oxygen atoms in total. The van der Waals surface area contributed by atoms with E-state index in [9.17, 15) is 0 Å². The second-order valence-electron chi connectivity index (χ2n) is 5.87. The summed E-state index contributed by atoms with van der Waals surface area (Å²) in [6.45, 7) is 6.68. The van der Waals surface area contributed by atoms with E-state index in [2.05, 4.69) is 36.4 Å². The Bertz CT molecular complexity index is 562. The minimum absolute atomic E-state index is 0.0594. The maximum absolute atomic E-state index is 4.82. The summed E-state index contributed by atoms with van der Waals surface area (Å²) in [7, 11) is 0. The molecule has 3 rings (SSSR count). The molecule has 0 aromatic carbocycles. The fourth-order valence-electron chi connectivity index (χ4n) is 2.50. The van der Waals surface area contributed by atoms with Gasteiger partial charge in [0.25, 0.3) is 0 Å². The van der Waals surface area contributed by atoms with Crippen LogP contribution in [-0.2, 0) is 5.41 Å². The topological polar surface area (TPSA) is 30.7 Å². The highest BCUT2D eigenvalue weighted by atomic mass is 32.2. The molecule has 96 valence electrons. The Morgan fingerprint density at radius 3 is 2.89 bits per heavy atom. The van der Waals surface area contributed by atoms with E-state index in [0.29, 0.717) is 5.37 Å². The Morgan fingerprint density at radius 2 is 2.22 bits per heavy atom. The summed E-state index contributed by atoms with van der Waals surface area (Å²) in [5, 5.41) is 0.513. The number of hydrogen-bond acceptors (Lipinski definition) is 3. The molecule has 2 aromatic rings. The molecule has 0 saturated carbocycles. The molecular weight excluding hydrogens is 242 g/mol. The van der Waals surface area contributed by atoms with Gasteiger partial charge in [-0.2, -0.15) is 0 Å². The first kappa shape index (κ1) is 12.0. The van der Waals surface area contributed by atoms with Gasteiger partial charge in [-0.05, 0) is 30.7 Å². The highest BCUT2D eigenvalue weighted by molar-refractivity contribution is 7.99. The smallest absolute Gasteiger partial charge is 0.160 e. The summed E-state index contributed by atoms with van der Waals surface area (Å²) in [5.74, 6) is 2.41. The van der Waals surface area contributed by atoms with Crippen molar-refractivity contribution < 1.29 is 0 Å². The van der Waals surface area contributed by atoms with E-state index >= 15 is 0 Å². The van der Waals surface area contributed by atoms with Crippen LogP contribution in [0.1, 0.15) is 44.8 Å². The number of hydrogen-bond donors (Lipinski definition) is 0. The zero-order valence-corrected chi connectivity index (χ0v) is 12.0. The van der Waals surface area contributed by atoms with E-state index < -0.39 is 0 Å². The lowest BCUT2D eigenvalue weighted by molar-refractivity contribution is 0.494. The normalized spacial score (nSPS) is 20.7. The minimum atomic E-state index is 0.0594. The van der Waals surface area contributed by atoms with Crippen LogP contribution >= 0.6 is 11.8 Å². The molecule has 1 atom stereocenters. The molecular formula is C14H19N3S. The van der Waals surface area contributed by atoms with E-state index in [1.165, 1.54) is 18.6 Å². The third kappa shape index (κ3) is 1.92. The first-order valence-electron chi connectivity index (χ1n) is 6.52. The van der Waals surface area contributed by atoms with Crippen LogP contribution < -0.4 is 0 Å². The maximum atomic E-state index is 4.82. The third-order valence-electron chi connectivity index (χ3n) is 3.31. The van der Waals surface area contributed by atoms with E-state index in [1.807, 2.05) is 24.0 Å². The quantitative estimate of drug-likeness (QED) is 0.783. The van der Waals surface area contributed by atoms with Crippen molar-refractivity contribution in [2.75, 3.05) is 5.75 Å². The van der Waals surface area contributed by atoms with Gasteiger partial charge in [0, 0.05) is 11.6 Å². The zero-order valence-electron chi connectivity index (χ0n) is 11.2. The van der Waals surface area contributed by atoms with Gasteiger partial charge >= 0.3 is 0 Å². The van der Waals surface area contributed by atoms with Crippen LogP contribution in [-0.4, -0.2) is 20.3 Å². The average Bonchev–Trinajstić information content (AvgIpc) is 2.94. The third-order valence-corrected chi connectivity index (χ3v) is 4.67. The van der Waals surface area contributed by atoms with Crippen LogP contribution in [0.3, 0.4) is 0 Å². The Hall–Kier alpha value is -1.03. The predicted octanol–water partition coefficient (Wildman–Crippen LogP) is 3.75. The van der Waals surface area contributed by atoms with Gasteiger partial charge in [-0.15, -0.1) is 11.8 Å². The van der Waals surface area contributed by atoms with Crippen LogP contribution in [0, 0.1) is 0 Å². The van der Waals surface area contributed by atoms with Crippen molar-refractivity contribution in [2.24, 2.45) is 0 Å². The molecule has 0 N–H and O–H groups in total. The SMILES string of the molecule is CC(C)(C)c1nc2cccnc2n1C1CCCS1. The lowest BCUT2D eigenvalue weighted by atomic mass is 9.95. The van der Waals surface area contributed by atoms with Crippen LogP contribution in [0.25, 0.3) is 11.2 Å². The summed E-state index contributed by atoms with van der Waals surface area (Å²) < 4.78 is 2.37. The number of aromatic nitrogens is 3. The Balaban J connectivity index is 2.24. The predicted molar refractivity (Wildman–Crippen MR) is 77.0 cm³/mol. The molecule has 0 amide bonds. The van der Waals surface area contributed by atoms with Crippen LogP contribution in [0.2, 0.25) is 0 Å². The molecule has 1 aliphatic rings. The van der Waals surface area contributed by atoms with Gasteiger partial charge in [-0.3, -0.25) is 4.57 Å². The highest BCUT2D eigenvalue weighted by Crippen LogP contribution is 2.40. The van der Waals surface area contributed by atoms with E-state index in [1.54, 1.807) is 0 Å². The molecule has 1 saturated heterocycles. The van der Waals surface area contributed by atoms with Gasteiger partial charge in [0.15, 0.2) is 5.65 Å². The molecule has 1 unspecified atom stereocenters. The molecule has 18 heavy (non-hydrogen) atoms. The number of fused-ring (bicyclic) bond motifs is 1. The molecule has 1 aliphatic heterocycles. The first-order chi connectivity index (χ1) is 8.57. The van der Waals surface area contributed by atoms with Gasteiger partial charge in [-0.25, -0.2) is 9.97 Å². The number of rotatable bonds is 1. The maximum Gasteiger partial charge on any atom is 0.160 e. The number of pyridine rings is 1. The van der Waals surface area contributed by atoms with Gasteiger partial charge in [0.1, 0.15) is 11.3 Å². The Kier molecular flexibility index (Phi) is 2.85. The molecule has 4 heteroatoms. The van der Waals surface area contributed by atoms with Crippen molar-refractivity contribution in [1.29, 1.82) is 0 Å². The van der Waals surface area contributed by atoms with Crippen molar-refractivity contribution in [3.63, 3.8) is 0 Å². The van der Waals surface area contributed by atoms with E-state index in [-0.39, 0.29) is 5.41 Å². The van der Waals surface area contributed by atoms with E-state index in [4.69, 9.17) is 4.98 Å². The van der Waals surface area contributed by atoms with Crippen molar-refractivity contribution in [3.05, 3.63) is 24.2 Å². The van der Waals surface area contributed by atoms with Crippen molar-refractivity contribution >= 4 is 22.9 Å². The number of nitrogens with zero attached hydrogens (tertiary/aromatic N) is 3. The fourth-order valence-corrected chi connectivity index (χ4v) is 3.78. The monoisotopic (exact) mass is 261 g/mol. The molecule has 0 radical (unpaired) electrons. The van der Waals surface area contributed by atoms with Crippen molar-refractivity contribution in [2.45, 2.75) is 44.4 Å². The summed E-state index contributed by atoms with van der Waals surface area (Å²) >= 11 is 2.03. The Morgan fingerprint density at radius 1 is 1.39 bits per heavy atom. The molecule has 3 heterocycles. The van der Waals surface area contributed by atoms with E-state index in [0.717, 1.165) is 17.0 Å². The number of thioether (sulfide) groups is 1. The van der Waals surface area contributed by atoms with Gasteiger partial charge in [0.05, 0.1) is 5.37 Å². The van der Waals surface area contributed by atoms with Gasteiger partial charge < -0.3 is 0 Å². The Labute approximate surface area is 112 Å². The summed E-state index contributed by atoms with van der Waals surface area (Å²) in [6, 6.07) is 4.03. The summed E-state index contributed by atoms with van der Waals surface area (Å²) in [6.07, 6.45) is 4.40. The van der Waals surface area contributed by atoms with Crippen LogP contribution in [0.5, 0.6) is 0 Å². The number of imidazole rings is 1. The lowest BCUT2D eigenvalue weighted by Gasteiger charge is -2.23. The molecule has 1 fully saturated rings. The average molecular weight is 261 g/mol. The molecule has 0 bridgehead atoms. The standard InChI is InChI=1S/C14H19N3S/c1-14(2,3)13-16-10-6-4-8-15-12(10)17(13)11-7-5-9-18-11/h4,6,8,11H,5,7,9H2,1-3H3. The van der Waals surface area contributed by atoms with Crippen molar-refractivity contribution in [3.8, 4) is 0 Å². The van der Waals surface area contributed by atoms with Crippen molar-refractivity contribution in [1.82, 2.24) is 14.5 Å². The van der Waals surface area contributed by atoms with Crippen LogP contribution in [0.15, 0.2) is 18.3 Å².